The van der Waals surface area contributed by atoms with Gasteiger partial charge < -0.3 is 15.2 Å². The Bertz CT molecular complexity index is 669. The molecule has 116 valence electrons. The van der Waals surface area contributed by atoms with Gasteiger partial charge in [-0.3, -0.25) is 4.79 Å². The van der Waals surface area contributed by atoms with E-state index in [0.29, 0.717) is 39.4 Å². The normalized spacial score (nSPS) is 10.3. The molecule has 22 heavy (non-hydrogen) atoms. The van der Waals surface area contributed by atoms with E-state index in [2.05, 4.69) is 0 Å². The molecule has 2 N–H and O–H groups in total. The molecule has 0 heterocycles. The fourth-order valence-corrected chi connectivity index (χ4v) is 2.42. The van der Waals surface area contributed by atoms with E-state index in [1.165, 1.54) is 0 Å². The maximum atomic E-state index is 11.6. The quantitative estimate of drug-likeness (QED) is 0.644. The number of hydrogen-bond acceptors (Lipinski definition) is 4. The number of anilines is 1. The second-order valence-corrected chi connectivity index (χ2v) is 5.39. The van der Waals surface area contributed by atoms with Gasteiger partial charge in [-0.25, -0.2) is 0 Å². The van der Waals surface area contributed by atoms with Crippen molar-refractivity contribution in [2.75, 3.05) is 12.3 Å². The van der Waals surface area contributed by atoms with E-state index in [-0.39, 0.29) is 12.4 Å². The first-order valence-electron chi connectivity index (χ1n) is 6.66. The van der Waals surface area contributed by atoms with Crippen LogP contribution in [0.4, 0.5) is 5.69 Å². The summed E-state index contributed by atoms with van der Waals surface area (Å²) in [5, 5.41) is 0.924. The van der Waals surface area contributed by atoms with Crippen molar-refractivity contribution in [2.24, 2.45) is 0 Å². The Kier molecular flexibility index (Phi) is 5.52. The first-order valence-corrected chi connectivity index (χ1v) is 7.42. The molecule has 2 rings (SSSR count). The Labute approximate surface area is 138 Å². The van der Waals surface area contributed by atoms with Crippen LogP contribution in [-0.2, 0) is 16.0 Å². The van der Waals surface area contributed by atoms with Crippen molar-refractivity contribution in [1.82, 2.24) is 0 Å². The highest BCUT2D eigenvalue weighted by Crippen LogP contribution is 2.33. The average molecular weight is 340 g/mol. The number of nitrogens with two attached hydrogens (primary N) is 1. The van der Waals surface area contributed by atoms with Gasteiger partial charge in [-0.2, -0.15) is 0 Å². The van der Waals surface area contributed by atoms with Crippen LogP contribution in [0.3, 0.4) is 0 Å². The van der Waals surface area contributed by atoms with Crippen molar-refractivity contribution in [3.63, 3.8) is 0 Å². The van der Waals surface area contributed by atoms with E-state index in [4.69, 9.17) is 38.4 Å². The van der Waals surface area contributed by atoms with Gasteiger partial charge in [0.15, 0.2) is 5.75 Å². The van der Waals surface area contributed by atoms with Crippen molar-refractivity contribution < 1.29 is 14.3 Å². The number of carbonyl (C=O) groups is 1. The SMILES string of the molecule is CCOC(=O)Cc1cccc(Oc2cc(Cl)cc(Cl)c2)c1N. The number of para-hydroxylation sites is 1. The number of ether oxygens (including phenoxy) is 2. The smallest absolute Gasteiger partial charge is 0.310 e. The highest BCUT2D eigenvalue weighted by molar-refractivity contribution is 6.34. The van der Waals surface area contributed by atoms with Crippen LogP contribution < -0.4 is 10.5 Å². The van der Waals surface area contributed by atoms with Gasteiger partial charge in [0, 0.05) is 10.0 Å². The Morgan fingerprint density at radius 1 is 1.18 bits per heavy atom. The summed E-state index contributed by atoms with van der Waals surface area (Å²) in [6, 6.07) is 10.1. The monoisotopic (exact) mass is 339 g/mol. The predicted octanol–water partition coefficient (Wildman–Crippen LogP) is 4.47. The van der Waals surface area contributed by atoms with Crippen LogP contribution in [0.15, 0.2) is 36.4 Å². The number of hydrogen-bond donors (Lipinski definition) is 1. The summed E-state index contributed by atoms with van der Waals surface area (Å²) >= 11 is 11.9. The third-order valence-electron chi connectivity index (χ3n) is 2.86. The molecule has 6 heteroatoms. The fourth-order valence-electron chi connectivity index (χ4n) is 1.91. The molecule has 0 saturated carbocycles. The highest BCUT2D eigenvalue weighted by Gasteiger charge is 2.12. The number of benzene rings is 2. The van der Waals surface area contributed by atoms with Crippen LogP contribution in [-0.4, -0.2) is 12.6 Å². The molecule has 0 aliphatic carbocycles. The van der Waals surface area contributed by atoms with Gasteiger partial charge in [-0.05, 0) is 36.8 Å². The average Bonchev–Trinajstić information content (AvgIpc) is 2.42. The molecule has 0 spiro atoms. The van der Waals surface area contributed by atoms with Crippen molar-refractivity contribution in [3.05, 3.63) is 52.0 Å². The maximum absolute atomic E-state index is 11.6. The molecular formula is C16H15Cl2NO3. The zero-order chi connectivity index (χ0) is 16.1. The van der Waals surface area contributed by atoms with Crippen LogP contribution in [0.2, 0.25) is 10.0 Å². The number of carbonyl (C=O) groups excluding carboxylic acids is 1. The van der Waals surface area contributed by atoms with Crippen LogP contribution in [0.25, 0.3) is 0 Å². The molecule has 0 saturated heterocycles. The summed E-state index contributed by atoms with van der Waals surface area (Å²) in [6.07, 6.45) is 0.0905. The van der Waals surface area contributed by atoms with Gasteiger partial charge in [-0.1, -0.05) is 35.3 Å². The zero-order valence-electron chi connectivity index (χ0n) is 11.9. The van der Waals surface area contributed by atoms with E-state index >= 15 is 0 Å². The molecule has 2 aromatic rings. The number of nitrogen functional groups attached to an aromatic ring is 1. The topological polar surface area (TPSA) is 61.5 Å². The summed E-state index contributed by atoms with van der Waals surface area (Å²) in [5.74, 6) is 0.565. The molecule has 0 unspecified atom stereocenters. The van der Waals surface area contributed by atoms with Crippen molar-refractivity contribution in [1.29, 1.82) is 0 Å². The van der Waals surface area contributed by atoms with Crippen LogP contribution in [0.5, 0.6) is 11.5 Å². The van der Waals surface area contributed by atoms with Crippen LogP contribution in [0.1, 0.15) is 12.5 Å². The lowest BCUT2D eigenvalue weighted by atomic mass is 10.1. The molecule has 0 bridgehead atoms. The van der Waals surface area contributed by atoms with E-state index in [0.717, 1.165) is 0 Å². The number of rotatable bonds is 5. The van der Waals surface area contributed by atoms with Gasteiger partial charge >= 0.3 is 5.97 Å². The summed E-state index contributed by atoms with van der Waals surface area (Å²) < 4.78 is 10.6. The second kappa shape index (κ2) is 7.38. The van der Waals surface area contributed by atoms with Gasteiger partial charge in [0.25, 0.3) is 0 Å². The minimum atomic E-state index is -0.336. The van der Waals surface area contributed by atoms with Gasteiger partial charge in [-0.15, -0.1) is 0 Å². The lowest BCUT2D eigenvalue weighted by molar-refractivity contribution is -0.142. The van der Waals surface area contributed by atoms with E-state index < -0.39 is 0 Å². The lowest BCUT2D eigenvalue weighted by Crippen LogP contribution is -2.09. The van der Waals surface area contributed by atoms with Crippen molar-refractivity contribution >= 4 is 34.9 Å². The van der Waals surface area contributed by atoms with Crippen molar-refractivity contribution in [2.45, 2.75) is 13.3 Å². The third kappa shape index (κ3) is 4.29. The van der Waals surface area contributed by atoms with Crippen LogP contribution >= 0.6 is 23.2 Å². The van der Waals surface area contributed by atoms with E-state index in [9.17, 15) is 4.79 Å². The molecular weight excluding hydrogens is 325 g/mol. The zero-order valence-corrected chi connectivity index (χ0v) is 13.4. The lowest BCUT2D eigenvalue weighted by Gasteiger charge is -2.12. The minimum Gasteiger partial charge on any atom is -0.466 e. The molecule has 4 nitrogen and oxygen atoms in total. The maximum Gasteiger partial charge on any atom is 0.310 e. The first-order chi connectivity index (χ1) is 10.5. The molecule has 0 aliphatic heterocycles. The Morgan fingerprint density at radius 3 is 2.50 bits per heavy atom. The van der Waals surface area contributed by atoms with Crippen LogP contribution in [0, 0.1) is 0 Å². The largest absolute Gasteiger partial charge is 0.466 e. The number of esters is 1. The Morgan fingerprint density at radius 2 is 1.86 bits per heavy atom. The summed E-state index contributed by atoms with van der Waals surface area (Å²) in [7, 11) is 0. The second-order valence-electron chi connectivity index (χ2n) is 4.52. The van der Waals surface area contributed by atoms with Crippen molar-refractivity contribution in [3.8, 4) is 11.5 Å². The fraction of sp³-hybridized carbons (Fsp3) is 0.188. The van der Waals surface area contributed by atoms with Gasteiger partial charge in [0.1, 0.15) is 5.75 Å². The molecule has 2 aromatic carbocycles. The Balaban J connectivity index is 2.23. The highest BCUT2D eigenvalue weighted by atomic mass is 35.5. The molecule has 0 aromatic heterocycles. The Hall–Kier alpha value is -1.91. The summed E-state index contributed by atoms with van der Waals surface area (Å²) in [5.41, 5.74) is 7.08. The number of halogens is 2. The molecule has 0 atom stereocenters. The van der Waals surface area contributed by atoms with E-state index in [1.807, 2.05) is 0 Å². The molecule has 0 radical (unpaired) electrons. The third-order valence-corrected chi connectivity index (χ3v) is 3.30. The molecule has 0 fully saturated rings. The summed E-state index contributed by atoms with van der Waals surface area (Å²) in [4.78, 5) is 11.6. The molecule has 0 aliphatic rings. The van der Waals surface area contributed by atoms with E-state index in [1.54, 1.807) is 43.3 Å². The van der Waals surface area contributed by atoms with Gasteiger partial charge in [0.2, 0.25) is 0 Å². The van der Waals surface area contributed by atoms with Gasteiger partial charge in [0.05, 0.1) is 18.7 Å². The molecule has 0 amide bonds. The first kappa shape index (κ1) is 16.5. The minimum absolute atomic E-state index is 0.0905. The predicted molar refractivity (Wildman–Crippen MR) is 87.7 cm³/mol. The standard InChI is InChI=1S/C16H15Cl2NO3/c1-2-21-15(20)6-10-4-3-5-14(16(10)19)22-13-8-11(17)7-12(18)9-13/h3-5,7-9H,2,6,19H2,1H3. The summed E-state index contributed by atoms with van der Waals surface area (Å²) in [6.45, 7) is 2.08.